The van der Waals surface area contributed by atoms with Gasteiger partial charge in [0, 0.05) is 32.0 Å². The number of rotatable bonds is 11. The predicted molar refractivity (Wildman–Crippen MR) is 123 cm³/mol. The normalized spacial score (nSPS) is 12.8. The number of thiophene rings is 1. The molecule has 0 fully saturated rings. The molecule has 3 rings (SSSR count). The lowest BCUT2D eigenvalue weighted by Crippen LogP contribution is -2.35. The van der Waals surface area contributed by atoms with Crippen LogP contribution < -0.4 is 0 Å². The summed E-state index contributed by atoms with van der Waals surface area (Å²) in [5.41, 5.74) is 3.33. The van der Waals surface area contributed by atoms with E-state index in [0.717, 1.165) is 48.0 Å². The van der Waals surface area contributed by atoms with Crippen molar-refractivity contribution in [1.82, 2.24) is 29.5 Å². The fourth-order valence-electron chi connectivity index (χ4n) is 3.45. The summed E-state index contributed by atoms with van der Waals surface area (Å²) in [4.78, 5) is 14.6. The van der Waals surface area contributed by atoms with Crippen LogP contribution in [0.5, 0.6) is 0 Å². The minimum absolute atomic E-state index is 0.294. The molecule has 0 aliphatic carbocycles. The highest BCUT2D eigenvalue weighted by Crippen LogP contribution is 2.27. The molecule has 0 aliphatic heterocycles. The second kappa shape index (κ2) is 10.9. The Balaban J connectivity index is 1.89. The van der Waals surface area contributed by atoms with Crippen LogP contribution in [-0.4, -0.2) is 75.0 Å². The minimum Gasteiger partial charge on any atom is -0.378 e. The summed E-state index contributed by atoms with van der Waals surface area (Å²) in [6.45, 7) is 10.2. The Morgan fingerprint density at radius 3 is 2.65 bits per heavy atom. The molecule has 0 spiro atoms. The zero-order valence-electron chi connectivity index (χ0n) is 18.9. The van der Waals surface area contributed by atoms with Crippen molar-refractivity contribution in [3.63, 3.8) is 0 Å². The number of aromatic nitrogens is 4. The second-order valence-electron chi connectivity index (χ2n) is 7.45. The molecule has 0 saturated carbocycles. The number of nitrogens with zero attached hydrogens (tertiary/aromatic N) is 6. The number of methoxy groups -OCH3 is 1. The predicted octanol–water partition coefficient (Wildman–Crippen LogP) is 3.11. The summed E-state index contributed by atoms with van der Waals surface area (Å²) >= 11 is 1.64. The first-order valence-corrected chi connectivity index (χ1v) is 11.4. The van der Waals surface area contributed by atoms with Crippen molar-refractivity contribution in [2.24, 2.45) is 0 Å². The highest BCUT2D eigenvalue weighted by atomic mass is 32.1. The number of aliphatic hydroxyl groups excluding tert-OH is 1. The van der Waals surface area contributed by atoms with Gasteiger partial charge < -0.3 is 14.7 Å². The van der Waals surface area contributed by atoms with Crippen LogP contribution >= 0.6 is 11.3 Å². The van der Waals surface area contributed by atoms with E-state index in [1.54, 1.807) is 29.3 Å². The number of ether oxygens (including phenoxy) is 1. The van der Waals surface area contributed by atoms with Gasteiger partial charge in [-0.05, 0) is 44.1 Å². The van der Waals surface area contributed by atoms with E-state index < -0.39 is 6.23 Å². The van der Waals surface area contributed by atoms with Crippen molar-refractivity contribution in [3.05, 3.63) is 46.7 Å². The van der Waals surface area contributed by atoms with Gasteiger partial charge in [0.25, 0.3) is 5.95 Å². The molecule has 0 aromatic carbocycles. The van der Waals surface area contributed by atoms with Crippen molar-refractivity contribution in [3.8, 4) is 16.5 Å². The van der Waals surface area contributed by atoms with E-state index in [9.17, 15) is 5.11 Å². The highest BCUT2D eigenvalue weighted by Gasteiger charge is 2.23. The molecule has 0 bridgehead atoms. The third-order valence-electron chi connectivity index (χ3n) is 5.44. The van der Waals surface area contributed by atoms with Crippen molar-refractivity contribution in [1.29, 1.82) is 0 Å². The Morgan fingerprint density at radius 2 is 2.00 bits per heavy atom. The third kappa shape index (κ3) is 5.36. The molecule has 0 radical (unpaired) electrons. The molecule has 3 aromatic rings. The number of likely N-dealkylation sites (N-methyl/N-ethyl adjacent to an activating group) is 2. The minimum atomic E-state index is -0.795. The van der Waals surface area contributed by atoms with Gasteiger partial charge in [-0.1, -0.05) is 19.9 Å². The first kappa shape index (κ1) is 23.5. The van der Waals surface area contributed by atoms with E-state index >= 15 is 0 Å². The molecule has 31 heavy (non-hydrogen) atoms. The average molecular weight is 445 g/mol. The molecule has 3 heterocycles. The zero-order chi connectivity index (χ0) is 22.4. The smallest absolute Gasteiger partial charge is 0.251 e. The Labute approximate surface area is 188 Å². The monoisotopic (exact) mass is 444 g/mol. The lowest BCUT2D eigenvalue weighted by atomic mass is 10.2. The van der Waals surface area contributed by atoms with E-state index in [1.165, 1.54) is 0 Å². The maximum absolute atomic E-state index is 11.0. The number of hydrogen-bond acceptors (Lipinski definition) is 8. The molecule has 0 saturated heterocycles. The molecule has 1 N–H and O–H groups in total. The summed E-state index contributed by atoms with van der Waals surface area (Å²) in [7, 11) is 3.55. The van der Waals surface area contributed by atoms with Gasteiger partial charge in [0.15, 0.2) is 0 Å². The molecule has 1 atom stereocenters. The fraction of sp³-hybridized carbons (Fsp3) is 0.500. The van der Waals surface area contributed by atoms with Gasteiger partial charge in [-0.2, -0.15) is 5.10 Å². The van der Waals surface area contributed by atoms with Gasteiger partial charge in [0.2, 0.25) is 0 Å². The molecular formula is C22H32N6O2S. The van der Waals surface area contributed by atoms with Crippen molar-refractivity contribution >= 4 is 11.3 Å². The number of aliphatic hydroxyl groups is 1. The van der Waals surface area contributed by atoms with Gasteiger partial charge >= 0.3 is 0 Å². The van der Waals surface area contributed by atoms with Gasteiger partial charge in [0.1, 0.15) is 6.23 Å². The SMILES string of the molecule is CCN(CC)CCN(C)C(O)c1cnn(-c2ncc(C)c(-c3cccs3)n2)c1COC. The van der Waals surface area contributed by atoms with E-state index in [0.29, 0.717) is 18.1 Å². The summed E-state index contributed by atoms with van der Waals surface area (Å²) in [5.74, 6) is 0.463. The van der Waals surface area contributed by atoms with Crippen LogP contribution in [0.15, 0.2) is 29.9 Å². The van der Waals surface area contributed by atoms with Crippen LogP contribution in [0.1, 0.15) is 36.9 Å². The molecule has 3 aromatic heterocycles. The van der Waals surface area contributed by atoms with Gasteiger partial charge in [-0.3, -0.25) is 4.90 Å². The molecule has 9 heteroatoms. The van der Waals surface area contributed by atoms with Gasteiger partial charge in [-0.15, -0.1) is 11.3 Å². The molecule has 1 unspecified atom stereocenters. The number of aryl methyl sites for hydroxylation is 1. The summed E-state index contributed by atoms with van der Waals surface area (Å²) < 4.78 is 7.09. The van der Waals surface area contributed by atoms with Crippen LogP contribution in [0.25, 0.3) is 16.5 Å². The first-order chi connectivity index (χ1) is 15.0. The molecule has 8 nitrogen and oxygen atoms in total. The zero-order valence-corrected chi connectivity index (χ0v) is 19.8. The number of hydrogen-bond donors (Lipinski definition) is 1. The lowest BCUT2D eigenvalue weighted by Gasteiger charge is -2.27. The maximum Gasteiger partial charge on any atom is 0.251 e. The molecule has 0 aliphatic rings. The maximum atomic E-state index is 11.0. The van der Waals surface area contributed by atoms with Crippen molar-refractivity contribution < 1.29 is 9.84 Å². The largest absolute Gasteiger partial charge is 0.378 e. The van der Waals surface area contributed by atoms with Crippen molar-refractivity contribution in [2.45, 2.75) is 33.6 Å². The van der Waals surface area contributed by atoms with E-state index in [1.807, 2.05) is 42.6 Å². The first-order valence-electron chi connectivity index (χ1n) is 10.5. The Morgan fingerprint density at radius 1 is 1.23 bits per heavy atom. The fourth-order valence-corrected chi connectivity index (χ4v) is 4.23. The standard InChI is InChI=1S/C22H32N6O2S/c1-6-27(7-2)11-10-26(4)21(29)17-14-24-28(18(17)15-30-5)22-23-13-16(3)20(25-22)19-9-8-12-31-19/h8-9,12-14,21,29H,6-7,10-11,15H2,1-5H3. The Hall–Kier alpha value is -2.17. The van der Waals surface area contributed by atoms with Crippen molar-refractivity contribution in [2.75, 3.05) is 40.3 Å². The summed E-state index contributed by atoms with van der Waals surface area (Å²) in [5, 5.41) is 17.6. The van der Waals surface area contributed by atoms with Crippen LogP contribution in [0.3, 0.4) is 0 Å². The lowest BCUT2D eigenvalue weighted by molar-refractivity contribution is 0.0135. The van der Waals surface area contributed by atoms with Gasteiger partial charge in [0.05, 0.1) is 29.1 Å². The second-order valence-corrected chi connectivity index (χ2v) is 8.40. The Bertz CT molecular complexity index is 955. The van der Waals surface area contributed by atoms with Crippen LogP contribution in [0, 0.1) is 6.92 Å². The topological polar surface area (TPSA) is 79.5 Å². The highest BCUT2D eigenvalue weighted by molar-refractivity contribution is 7.13. The third-order valence-corrected chi connectivity index (χ3v) is 6.32. The van der Waals surface area contributed by atoms with Crippen LogP contribution in [0.4, 0.5) is 0 Å². The van der Waals surface area contributed by atoms with Gasteiger partial charge in [-0.25, -0.2) is 14.6 Å². The van der Waals surface area contributed by atoms with Crippen LogP contribution in [0.2, 0.25) is 0 Å². The van der Waals surface area contributed by atoms with Crippen LogP contribution in [-0.2, 0) is 11.3 Å². The van der Waals surface area contributed by atoms with E-state index in [2.05, 4.69) is 28.8 Å². The van der Waals surface area contributed by atoms with E-state index in [-0.39, 0.29) is 0 Å². The molecule has 168 valence electrons. The molecule has 0 amide bonds. The summed E-state index contributed by atoms with van der Waals surface area (Å²) in [6.07, 6.45) is 2.69. The molecular weight excluding hydrogens is 412 g/mol. The Kier molecular flexibility index (Phi) is 8.28. The van der Waals surface area contributed by atoms with E-state index in [4.69, 9.17) is 9.72 Å². The quantitative estimate of drug-likeness (QED) is 0.455. The average Bonchev–Trinajstić information content (AvgIpc) is 3.45. The summed E-state index contributed by atoms with van der Waals surface area (Å²) in [6, 6.07) is 4.05.